The van der Waals surface area contributed by atoms with Gasteiger partial charge in [0.05, 0.1) is 12.7 Å². The van der Waals surface area contributed by atoms with Gasteiger partial charge in [-0.25, -0.2) is 0 Å². The zero-order valence-corrected chi connectivity index (χ0v) is 11.2. The Morgan fingerprint density at radius 3 is 2.84 bits per heavy atom. The summed E-state index contributed by atoms with van der Waals surface area (Å²) in [6.07, 6.45) is 7.70. The summed E-state index contributed by atoms with van der Waals surface area (Å²) in [6, 6.07) is 6.02. The quantitative estimate of drug-likeness (QED) is 0.716. The number of fused-ring (bicyclic) bond motifs is 4. The maximum Gasteiger partial charge on any atom is 0.167 e. The Labute approximate surface area is 113 Å². The van der Waals surface area contributed by atoms with Gasteiger partial charge in [0, 0.05) is 6.42 Å². The van der Waals surface area contributed by atoms with Crippen LogP contribution in [0.5, 0.6) is 5.75 Å². The first-order chi connectivity index (χ1) is 9.22. The summed E-state index contributed by atoms with van der Waals surface area (Å²) >= 11 is 0. The van der Waals surface area contributed by atoms with Crippen LogP contribution in [0.4, 0.5) is 0 Å². The molecule has 1 aromatic carbocycles. The number of carbonyl (C=O) groups excluding carboxylic acids is 1. The van der Waals surface area contributed by atoms with E-state index in [0.717, 1.165) is 24.2 Å². The molecule has 2 unspecified atom stereocenters. The predicted molar refractivity (Wildman–Crippen MR) is 73.5 cm³/mol. The van der Waals surface area contributed by atoms with Crippen molar-refractivity contribution in [3.8, 4) is 5.75 Å². The van der Waals surface area contributed by atoms with Crippen molar-refractivity contribution in [2.24, 2.45) is 11.3 Å². The van der Waals surface area contributed by atoms with E-state index < -0.39 is 0 Å². The van der Waals surface area contributed by atoms with E-state index >= 15 is 0 Å². The van der Waals surface area contributed by atoms with Crippen molar-refractivity contribution in [1.82, 2.24) is 0 Å². The summed E-state index contributed by atoms with van der Waals surface area (Å²) < 4.78 is 5.36. The first-order valence-electron chi connectivity index (χ1n) is 7.09. The van der Waals surface area contributed by atoms with Crippen LogP contribution in [0, 0.1) is 11.3 Å². The summed E-state index contributed by atoms with van der Waals surface area (Å²) in [4.78, 5) is 12.6. The van der Waals surface area contributed by atoms with Crippen LogP contribution in [0.2, 0.25) is 0 Å². The molecule has 2 bridgehead atoms. The summed E-state index contributed by atoms with van der Waals surface area (Å²) in [5.41, 5.74) is 3.85. The van der Waals surface area contributed by atoms with E-state index in [1.165, 1.54) is 18.4 Å². The van der Waals surface area contributed by atoms with Crippen molar-refractivity contribution in [2.75, 3.05) is 7.11 Å². The minimum Gasteiger partial charge on any atom is -0.496 e. The number of carbonyl (C=O) groups is 1. The van der Waals surface area contributed by atoms with Crippen LogP contribution in [-0.2, 0) is 6.42 Å². The molecular formula is C17H18O2. The fourth-order valence-electron chi connectivity index (χ4n) is 4.47. The third-order valence-electron chi connectivity index (χ3n) is 5.31. The zero-order chi connectivity index (χ0) is 13.0. The molecule has 2 heteroatoms. The van der Waals surface area contributed by atoms with Crippen LogP contribution < -0.4 is 4.74 Å². The number of Topliss-reactive ketones (excluding diaryl/α,β-unsaturated/α-hetero) is 1. The average Bonchev–Trinajstić information content (AvgIpc) is 2.98. The van der Waals surface area contributed by atoms with E-state index in [0.29, 0.717) is 12.3 Å². The molecule has 2 nitrogen and oxygen atoms in total. The molecule has 1 saturated carbocycles. The first kappa shape index (κ1) is 11.3. The Balaban J connectivity index is 1.80. The highest BCUT2D eigenvalue weighted by Crippen LogP contribution is 2.58. The Bertz CT molecular complexity index is 599. The largest absolute Gasteiger partial charge is 0.496 e. The van der Waals surface area contributed by atoms with Gasteiger partial charge in [0.25, 0.3) is 0 Å². The molecule has 0 aromatic heterocycles. The molecule has 0 saturated heterocycles. The van der Waals surface area contributed by atoms with Gasteiger partial charge in [0.15, 0.2) is 5.78 Å². The molecule has 1 spiro atoms. The SMILES string of the molecule is COc1cccc2c1C(=O)CC1(CC3=CCC1C3)C2. The van der Waals surface area contributed by atoms with Crippen LogP contribution >= 0.6 is 0 Å². The van der Waals surface area contributed by atoms with Gasteiger partial charge in [-0.2, -0.15) is 0 Å². The summed E-state index contributed by atoms with van der Waals surface area (Å²) in [5.74, 6) is 1.73. The number of rotatable bonds is 1. The number of ether oxygens (including phenoxy) is 1. The molecule has 1 fully saturated rings. The maximum atomic E-state index is 12.6. The topological polar surface area (TPSA) is 26.3 Å². The van der Waals surface area contributed by atoms with Gasteiger partial charge < -0.3 is 4.74 Å². The minimum absolute atomic E-state index is 0.223. The lowest BCUT2D eigenvalue weighted by atomic mass is 9.63. The molecule has 3 aliphatic rings. The van der Waals surface area contributed by atoms with Crippen molar-refractivity contribution < 1.29 is 9.53 Å². The number of benzene rings is 1. The summed E-state index contributed by atoms with van der Waals surface area (Å²) in [5, 5.41) is 0. The Hall–Kier alpha value is -1.57. The molecule has 98 valence electrons. The molecule has 3 aliphatic carbocycles. The number of methoxy groups -OCH3 is 1. The van der Waals surface area contributed by atoms with Crippen molar-refractivity contribution >= 4 is 5.78 Å². The van der Waals surface area contributed by atoms with Crippen molar-refractivity contribution in [3.05, 3.63) is 41.0 Å². The second-order valence-corrected chi connectivity index (χ2v) is 6.31. The van der Waals surface area contributed by atoms with E-state index in [-0.39, 0.29) is 11.2 Å². The van der Waals surface area contributed by atoms with Crippen LogP contribution in [0.25, 0.3) is 0 Å². The summed E-state index contributed by atoms with van der Waals surface area (Å²) in [6.45, 7) is 0. The van der Waals surface area contributed by atoms with Gasteiger partial charge in [0.1, 0.15) is 5.75 Å². The van der Waals surface area contributed by atoms with Crippen LogP contribution in [0.1, 0.15) is 41.6 Å². The van der Waals surface area contributed by atoms with E-state index in [1.54, 1.807) is 12.7 Å². The van der Waals surface area contributed by atoms with E-state index in [2.05, 4.69) is 12.1 Å². The lowest BCUT2D eigenvalue weighted by molar-refractivity contribution is 0.0819. The van der Waals surface area contributed by atoms with Crippen molar-refractivity contribution in [3.63, 3.8) is 0 Å². The molecule has 19 heavy (non-hydrogen) atoms. The minimum atomic E-state index is 0.223. The number of ketones is 1. The standard InChI is InChI=1S/C17H18O2/c1-19-15-4-2-3-12-9-17(10-14(18)16(12)15)8-11-5-6-13(17)7-11/h2-5,13H,6-10H2,1H3. The van der Waals surface area contributed by atoms with Crippen molar-refractivity contribution in [1.29, 1.82) is 0 Å². The monoisotopic (exact) mass is 254 g/mol. The third kappa shape index (κ3) is 1.46. The number of allylic oxidation sites excluding steroid dienone is 2. The predicted octanol–water partition coefficient (Wildman–Crippen LogP) is 3.55. The Morgan fingerprint density at radius 1 is 1.26 bits per heavy atom. The van der Waals surface area contributed by atoms with Gasteiger partial charge in [-0.1, -0.05) is 23.8 Å². The van der Waals surface area contributed by atoms with Gasteiger partial charge in [-0.05, 0) is 48.6 Å². The van der Waals surface area contributed by atoms with E-state index in [4.69, 9.17) is 4.74 Å². The number of hydrogen-bond donors (Lipinski definition) is 0. The molecule has 0 aliphatic heterocycles. The normalized spacial score (nSPS) is 31.5. The van der Waals surface area contributed by atoms with Gasteiger partial charge >= 0.3 is 0 Å². The smallest absolute Gasteiger partial charge is 0.167 e. The lowest BCUT2D eigenvalue weighted by Crippen LogP contribution is -2.36. The second-order valence-electron chi connectivity index (χ2n) is 6.31. The second kappa shape index (κ2) is 3.72. The maximum absolute atomic E-state index is 12.6. The lowest BCUT2D eigenvalue weighted by Gasteiger charge is -2.39. The fraction of sp³-hybridized carbons (Fsp3) is 0.471. The van der Waals surface area contributed by atoms with Crippen molar-refractivity contribution in [2.45, 2.75) is 32.1 Å². The third-order valence-corrected chi connectivity index (χ3v) is 5.31. The molecule has 0 heterocycles. The molecule has 1 aromatic rings. The van der Waals surface area contributed by atoms with Crippen LogP contribution in [0.3, 0.4) is 0 Å². The van der Waals surface area contributed by atoms with E-state index in [1.807, 2.05) is 12.1 Å². The molecule has 0 radical (unpaired) electrons. The zero-order valence-electron chi connectivity index (χ0n) is 11.2. The highest BCUT2D eigenvalue weighted by molar-refractivity contribution is 6.01. The molecule has 2 atom stereocenters. The van der Waals surface area contributed by atoms with Gasteiger partial charge in [-0.3, -0.25) is 4.79 Å². The van der Waals surface area contributed by atoms with Gasteiger partial charge in [0.2, 0.25) is 0 Å². The van der Waals surface area contributed by atoms with E-state index in [9.17, 15) is 4.79 Å². The highest BCUT2D eigenvalue weighted by Gasteiger charge is 2.50. The molecular weight excluding hydrogens is 236 g/mol. The Kier molecular flexibility index (Phi) is 2.21. The Morgan fingerprint density at radius 2 is 2.16 bits per heavy atom. The average molecular weight is 254 g/mol. The first-order valence-corrected chi connectivity index (χ1v) is 7.09. The molecule has 0 N–H and O–H groups in total. The number of hydrogen-bond acceptors (Lipinski definition) is 2. The van der Waals surface area contributed by atoms with Crippen LogP contribution in [-0.4, -0.2) is 12.9 Å². The molecule has 4 rings (SSSR count). The van der Waals surface area contributed by atoms with Gasteiger partial charge in [-0.15, -0.1) is 0 Å². The van der Waals surface area contributed by atoms with Crippen LogP contribution in [0.15, 0.2) is 29.8 Å². The molecule has 0 amide bonds. The summed E-state index contributed by atoms with van der Waals surface area (Å²) in [7, 11) is 1.65. The fourth-order valence-corrected chi connectivity index (χ4v) is 4.47. The highest BCUT2D eigenvalue weighted by atomic mass is 16.5.